The van der Waals surface area contributed by atoms with Gasteiger partial charge in [0.1, 0.15) is 11.4 Å². The lowest BCUT2D eigenvalue weighted by molar-refractivity contribution is -0.137. The minimum absolute atomic E-state index is 0.0165. The molecule has 274 valence electrons. The Morgan fingerprint density at radius 2 is 1.28 bits per heavy atom. The summed E-state index contributed by atoms with van der Waals surface area (Å²) in [6.07, 6.45) is 1.15. The molecule has 0 unspecified atom stereocenters. The molecule has 1 N–H and O–H groups in total. The first-order valence-corrected chi connectivity index (χ1v) is 16.5. The van der Waals surface area contributed by atoms with Gasteiger partial charge >= 0.3 is 6.18 Å². The Morgan fingerprint density at radius 3 is 1.86 bits per heavy atom. The fourth-order valence-electron chi connectivity index (χ4n) is 4.88. The highest BCUT2D eigenvalue weighted by Crippen LogP contribution is 2.36. The fourth-order valence-corrected chi connectivity index (χ4v) is 4.88. The summed E-state index contributed by atoms with van der Waals surface area (Å²) in [5.74, 6) is -13.3. The Bertz CT molecular complexity index is 1590. The van der Waals surface area contributed by atoms with E-state index in [-0.39, 0.29) is 17.7 Å². The van der Waals surface area contributed by atoms with Crippen molar-refractivity contribution in [2.24, 2.45) is 4.99 Å². The zero-order chi connectivity index (χ0) is 38.1. The Hall–Kier alpha value is -4.35. The Balaban J connectivity index is 0.00000197. The van der Waals surface area contributed by atoms with Gasteiger partial charge in [-0.1, -0.05) is 84.0 Å². The van der Waals surface area contributed by atoms with E-state index < -0.39 is 76.5 Å². The van der Waals surface area contributed by atoms with Gasteiger partial charge < -0.3 is 5.32 Å². The van der Waals surface area contributed by atoms with Gasteiger partial charge in [0.05, 0.1) is 11.3 Å². The molecule has 0 aromatic heterocycles. The molecule has 0 spiro atoms. The molecule has 0 bridgehead atoms. The SMILES string of the molecule is CC.CC.CC.O=C(CCc1c(F)c(F)c(F)c(F)c1F)N[C@](Cc1ccccc1)(C1=N/C=C/CCC/C=C\1)c1cc(F)cc(C(F)(F)F)c1. The number of rotatable bonds is 8. The quantitative estimate of drug-likeness (QED) is 0.141. The third kappa shape index (κ3) is 11.3. The van der Waals surface area contributed by atoms with E-state index in [1.54, 1.807) is 42.5 Å². The fraction of sp³-hybridized carbons (Fsp3) is 0.368. The number of alkyl halides is 3. The van der Waals surface area contributed by atoms with Crippen molar-refractivity contribution in [2.45, 2.75) is 91.8 Å². The number of nitrogens with zero attached hydrogens (tertiary/aromatic N) is 1. The highest BCUT2D eigenvalue weighted by molar-refractivity contribution is 6.06. The van der Waals surface area contributed by atoms with Crippen molar-refractivity contribution < 1.29 is 44.3 Å². The maximum atomic E-state index is 14.8. The number of aliphatic imine (C=N–C) groups is 1. The van der Waals surface area contributed by atoms with Crippen LogP contribution in [0.1, 0.15) is 89.5 Å². The topological polar surface area (TPSA) is 41.5 Å². The summed E-state index contributed by atoms with van der Waals surface area (Å²) < 4.78 is 126. The van der Waals surface area contributed by atoms with Crippen LogP contribution in [0.15, 0.2) is 78.0 Å². The maximum absolute atomic E-state index is 14.8. The molecular formula is C38H43F9N2O. The van der Waals surface area contributed by atoms with Crippen molar-refractivity contribution in [1.29, 1.82) is 0 Å². The molecule has 4 rings (SSSR count). The van der Waals surface area contributed by atoms with E-state index in [4.69, 9.17) is 0 Å². The second-order valence-electron chi connectivity index (χ2n) is 10.1. The third-order valence-corrected chi connectivity index (χ3v) is 7.06. The van der Waals surface area contributed by atoms with Gasteiger partial charge in [-0.2, -0.15) is 13.2 Å². The van der Waals surface area contributed by atoms with Crippen molar-refractivity contribution in [3.8, 4) is 0 Å². The van der Waals surface area contributed by atoms with Gasteiger partial charge in [0, 0.05) is 24.6 Å². The number of carbonyl (C=O) groups is 1. The first kappa shape index (κ1) is 43.7. The van der Waals surface area contributed by atoms with Crippen molar-refractivity contribution in [2.75, 3.05) is 0 Å². The molecule has 0 radical (unpaired) electrons. The Labute approximate surface area is 288 Å². The monoisotopic (exact) mass is 714 g/mol. The number of nitrogens with one attached hydrogen (secondary N) is 1. The molecule has 3 aromatic rings. The van der Waals surface area contributed by atoms with Gasteiger partial charge in [-0.3, -0.25) is 9.79 Å². The molecular weight excluding hydrogens is 671 g/mol. The maximum Gasteiger partial charge on any atom is 0.416 e. The average molecular weight is 715 g/mol. The van der Waals surface area contributed by atoms with Crippen LogP contribution in [-0.4, -0.2) is 11.6 Å². The van der Waals surface area contributed by atoms with Crippen LogP contribution in [0.4, 0.5) is 39.5 Å². The summed E-state index contributed by atoms with van der Waals surface area (Å²) in [6.45, 7) is 12.0. The van der Waals surface area contributed by atoms with Crippen LogP contribution in [0.2, 0.25) is 0 Å². The van der Waals surface area contributed by atoms with Gasteiger partial charge in [0.15, 0.2) is 23.3 Å². The van der Waals surface area contributed by atoms with E-state index in [1.807, 2.05) is 41.5 Å². The number of amides is 1. The Kier molecular flexibility index (Phi) is 18.3. The number of hydrogen-bond acceptors (Lipinski definition) is 2. The van der Waals surface area contributed by atoms with Gasteiger partial charge in [-0.25, -0.2) is 26.3 Å². The van der Waals surface area contributed by atoms with Crippen LogP contribution in [0.3, 0.4) is 0 Å². The van der Waals surface area contributed by atoms with E-state index >= 15 is 0 Å². The van der Waals surface area contributed by atoms with Crippen molar-refractivity contribution in [3.05, 3.63) is 130 Å². The zero-order valence-electron chi connectivity index (χ0n) is 28.9. The zero-order valence-corrected chi connectivity index (χ0v) is 28.9. The van der Waals surface area contributed by atoms with Crippen molar-refractivity contribution in [1.82, 2.24) is 5.32 Å². The molecule has 50 heavy (non-hydrogen) atoms. The second-order valence-corrected chi connectivity index (χ2v) is 10.1. The molecule has 12 heteroatoms. The average Bonchev–Trinajstić information content (AvgIpc) is 3.26. The smallest absolute Gasteiger partial charge is 0.341 e. The van der Waals surface area contributed by atoms with Gasteiger partial charge in [-0.05, 0) is 61.1 Å². The minimum atomic E-state index is -4.97. The van der Waals surface area contributed by atoms with Crippen molar-refractivity contribution in [3.63, 3.8) is 0 Å². The highest BCUT2D eigenvalue weighted by Gasteiger charge is 2.41. The first-order valence-electron chi connectivity index (χ1n) is 16.5. The lowest BCUT2D eigenvalue weighted by Crippen LogP contribution is -2.53. The minimum Gasteiger partial charge on any atom is -0.341 e. The largest absolute Gasteiger partial charge is 0.416 e. The number of allylic oxidation sites excluding steroid dienone is 2. The normalized spacial score (nSPS) is 16.0. The lowest BCUT2D eigenvalue weighted by Gasteiger charge is -2.36. The van der Waals surface area contributed by atoms with Gasteiger partial charge in [0.25, 0.3) is 0 Å². The molecule has 1 aliphatic heterocycles. The van der Waals surface area contributed by atoms with Crippen LogP contribution in [0.5, 0.6) is 0 Å². The van der Waals surface area contributed by atoms with E-state index in [9.17, 15) is 44.3 Å². The van der Waals surface area contributed by atoms with Crippen LogP contribution >= 0.6 is 0 Å². The molecule has 0 saturated carbocycles. The molecule has 1 atom stereocenters. The predicted octanol–water partition coefficient (Wildman–Crippen LogP) is 11.5. The summed E-state index contributed by atoms with van der Waals surface area (Å²) >= 11 is 0. The number of halogens is 9. The van der Waals surface area contributed by atoms with Gasteiger partial charge in [-0.15, -0.1) is 0 Å². The molecule has 3 nitrogen and oxygen atoms in total. The molecule has 0 fully saturated rings. The molecule has 1 aliphatic rings. The third-order valence-electron chi connectivity index (χ3n) is 7.06. The van der Waals surface area contributed by atoms with Crippen molar-refractivity contribution >= 4 is 11.6 Å². The van der Waals surface area contributed by atoms with E-state index in [1.165, 1.54) is 12.3 Å². The summed E-state index contributed by atoms with van der Waals surface area (Å²) in [4.78, 5) is 17.9. The summed E-state index contributed by atoms with van der Waals surface area (Å²) in [6, 6.07) is 9.97. The summed E-state index contributed by atoms with van der Waals surface area (Å²) in [5, 5.41) is 2.59. The van der Waals surface area contributed by atoms with Crippen LogP contribution in [-0.2, 0) is 29.4 Å². The molecule has 3 aromatic carbocycles. The second kappa shape index (κ2) is 21.0. The first-order chi connectivity index (χ1) is 23.8. The van der Waals surface area contributed by atoms with Gasteiger partial charge in [0.2, 0.25) is 11.7 Å². The molecule has 0 saturated heterocycles. The van der Waals surface area contributed by atoms with Crippen LogP contribution < -0.4 is 5.32 Å². The Morgan fingerprint density at radius 1 is 0.740 bits per heavy atom. The summed E-state index contributed by atoms with van der Waals surface area (Å²) in [5.41, 5.74) is -4.40. The van der Waals surface area contributed by atoms with Crippen LogP contribution in [0.25, 0.3) is 0 Å². The van der Waals surface area contributed by atoms with E-state index in [0.29, 0.717) is 37.0 Å². The number of hydrogen-bond donors (Lipinski definition) is 1. The molecule has 0 aliphatic carbocycles. The lowest BCUT2D eigenvalue weighted by atomic mass is 9.78. The van der Waals surface area contributed by atoms with Crippen LogP contribution in [0, 0.1) is 34.9 Å². The standard InChI is InChI=1S/C32H25F9N2O.3C2H6/c33-22-16-20(15-21(17-22)32(39,40)41)31(18-19-9-5-4-6-10-19,24-11-7-2-1-3-8-14-42-24)43-25(44)13-12-23-26(34)28(36)30(38)29(37)27(23)35;3*1-2/h4-11,14-17H,1-3,12-13,18H2,(H,43,44);3*1-2H3/b11-7-,14-8+,42-24+;;;/t31-;;;/m0.../s1. The molecule has 1 amide bonds. The summed E-state index contributed by atoms with van der Waals surface area (Å²) in [7, 11) is 0. The predicted molar refractivity (Wildman–Crippen MR) is 180 cm³/mol. The number of carbonyl (C=O) groups excluding carboxylic acids is 1. The molecule has 1 heterocycles. The number of benzene rings is 3. The highest BCUT2D eigenvalue weighted by atomic mass is 19.4. The van der Waals surface area contributed by atoms with E-state index in [2.05, 4.69) is 10.3 Å². The van der Waals surface area contributed by atoms with E-state index in [0.717, 1.165) is 6.07 Å².